The summed E-state index contributed by atoms with van der Waals surface area (Å²) in [4.78, 5) is 10.6. The highest BCUT2D eigenvalue weighted by Gasteiger charge is 2.07. The Hall–Kier alpha value is -1.86. The molecule has 21 heavy (non-hydrogen) atoms. The number of benzene rings is 1. The Morgan fingerprint density at radius 1 is 1.48 bits per heavy atom. The van der Waals surface area contributed by atoms with E-state index in [-0.39, 0.29) is 0 Å². The van der Waals surface area contributed by atoms with Gasteiger partial charge in [-0.2, -0.15) is 0 Å². The van der Waals surface area contributed by atoms with Crippen molar-refractivity contribution < 1.29 is 14.6 Å². The van der Waals surface area contributed by atoms with Crippen LogP contribution in [0.5, 0.6) is 5.75 Å². The van der Waals surface area contributed by atoms with Crippen molar-refractivity contribution in [1.82, 2.24) is 10.2 Å². The SMILES string of the molecule is COc1ccc(C=CC(=O)O)cc1CSc1nnc(C)s1. The van der Waals surface area contributed by atoms with Crippen molar-refractivity contribution in [2.24, 2.45) is 0 Å². The fourth-order valence-electron chi connectivity index (χ4n) is 1.66. The van der Waals surface area contributed by atoms with Gasteiger partial charge in [0.25, 0.3) is 0 Å². The van der Waals surface area contributed by atoms with E-state index in [9.17, 15) is 4.79 Å². The van der Waals surface area contributed by atoms with Gasteiger partial charge < -0.3 is 9.84 Å². The summed E-state index contributed by atoms with van der Waals surface area (Å²) in [6.07, 6.45) is 2.68. The molecule has 1 heterocycles. The zero-order valence-electron chi connectivity index (χ0n) is 11.6. The van der Waals surface area contributed by atoms with Gasteiger partial charge in [0.1, 0.15) is 10.8 Å². The number of ether oxygens (including phenoxy) is 1. The molecular formula is C14H14N2O3S2. The van der Waals surface area contributed by atoms with Gasteiger partial charge in [-0.1, -0.05) is 29.2 Å². The quantitative estimate of drug-likeness (QED) is 0.650. The average Bonchev–Trinajstić information content (AvgIpc) is 2.88. The molecule has 0 spiro atoms. The van der Waals surface area contributed by atoms with Crippen LogP contribution >= 0.6 is 23.1 Å². The number of carboxylic acids is 1. The first-order chi connectivity index (χ1) is 10.1. The second-order valence-electron chi connectivity index (χ2n) is 4.12. The molecule has 5 nitrogen and oxygen atoms in total. The number of methoxy groups -OCH3 is 1. The number of aromatic nitrogens is 2. The van der Waals surface area contributed by atoms with Crippen LogP contribution in [0.2, 0.25) is 0 Å². The molecule has 0 atom stereocenters. The standard InChI is InChI=1S/C14H14N2O3S2/c1-9-15-16-14(21-9)20-8-11-7-10(4-6-13(17)18)3-5-12(11)19-2/h3-7H,8H2,1-2H3,(H,17,18). The summed E-state index contributed by atoms with van der Waals surface area (Å²) in [6.45, 7) is 1.92. The number of rotatable bonds is 6. The second-order valence-corrected chi connectivity index (χ2v) is 6.52. The molecule has 0 aliphatic carbocycles. The molecule has 1 aromatic heterocycles. The van der Waals surface area contributed by atoms with E-state index in [0.717, 1.165) is 32.3 Å². The van der Waals surface area contributed by atoms with E-state index in [0.29, 0.717) is 5.75 Å². The number of hydrogen-bond acceptors (Lipinski definition) is 6. The lowest BCUT2D eigenvalue weighted by Gasteiger charge is -2.08. The van der Waals surface area contributed by atoms with E-state index in [1.54, 1.807) is 36.3 Å². The lowest BCUT2D eigenvalue weighted by Crippen LogP contribution is -1.92. The summed E-state index contributed by atoms with van der Waals surface area (Å²) in [5.74, 6) is 0.495. The van der Waals surface area contributed by atoms with Gasteiger partial charge in [-0.25, -0.2) is 4.79 Å². The molecule has 0 bridgehead atoms. The molecule has 2 rings (SSSR count). The average molecular weight is 322 g/mol. The minimum Gasteiger partial charge on any atom is -0.496 e. The maximum atomic E-state index is 10.6. The summed E-state index contributed by atoms with van der Waals surface area (Å²) in [6, 6.07) is 5.57. The third-order valence-electron chi connectivity index (χ3n) is 2.58. The smallest absolute Gasteiger partial charge is 0.328 e. The Labute approximate surface area is 130 Å². The minimum absolute atomic E-state index is 0.687. The van der Waals surface area contributed by atoms with Gasteiger partial charge in [-0.05, 0) is 30.7 Å². The normalized spacial score (nSPS) is 11.0. The lowest BCUT2D eigenvalue weighted by molar-refractivity contribution is -0.131. The molecule has 0 saturated heterocycles. The Balaban J connectivity index is 2.15. The Kier molecular flexibility index (Phi) is 5.35. The highest BCUT2D eigenvalue weighted by atomic mass is 32.2. The Morgan fingerprint density at radius 2 is 2.29 bits per heavy atom. The highest BCUT2D eigenvalue weighted by Crippen LogP contribution is 2.30. The van der Waals surface area contributed by atoms with Crippen molar-refractivity contribution in [3.63, 3.8) is 0 Å². The molecule has 0 aliphatic rings. The summed E-state index contributed by atoms with van der Waals surface area (Å²) in [5.41, 5.74) is 1.81. The summed E-state index contributed by atoms with van der Waals surface area (Å²) in [7, 11) is 1.62. The second kappa shape index (κ2) is 7.24. The van der Waals surface area contributed by atoms with E-state index >= 15 is 0 Å². The molecule has 2 aromatic rings. The summed E-state index contributed by atoms with van der Waals surface area (Å²) < 4.78 is 6.24. The van der Waals surface area contributed by atoms with Gasteiger partial charge in [-0.15, -0.1) is 10.2 Å². The fourth-order valence-corrected chi connectivity index (χ4v) is 3.45. The van der Waals surface area contributed by atoms with Crippen LogP contribution in [0, 0.1) is 6.92 Å². The first-order valence-corrected chi connectivity index (χ1v) is 7.89. The van der Waals surface area contributed by atoms with Crippen LogP contribution in [-0.2, 0) is 10.5 Å². The Morgan fingerprint density at radius 3 is 2.90 bits per heavy atom. The Bertz CT molecular complexity index is 668. The number of aliphatic carboxylic acids is 1. The summed E-state index contributed by atoms with van der Waals surface area (Å²) in [5, 5.41) is 17.6. The van der Waals surface area contributed by atoms with E-state index in [1.165, 1.54) is 0 Å². The number of thioether (sulfide) groups is 1. The van der Waals surface area contributed by atoms with Gasteiger partial charge in [0.05, 0.1) is 7.11 Å². The third kappa shape index (κ3) is 4.57. The zero-order chi connectivity index (χ0) is 15.2. The molecule has 0 unspecified atom stereocenters. The van der Waals surface area contributed by atoms with Crippen molar-refractivity contribution in [3.05, 3.63) is 40.4 Å². The van der Waals surface area contributed by atoms with Crippen LogP contribution < -0.4 is 4.74 Å². The number of aryl methyl sites for hydroxylation is 1. The molecule has 0 amide bonds. The van der Waals surface area contributed by atoms with Gasteiger partial charge >= 0.3 is 5.97 Å². The van der Waals surface area contributed by atoms with Crippen LogP contribution in [0.4, 0.5) is 0 Å². The third-order valence-corrected chi connectivity index (χ3v) is 4.60. The maximum absolute atomic E-state index is 10.6. The van der Waals surface area contributed by atoms with E-state index in [2.05, 4.69) is 10.2 Å². The zero-order valence-corrected chi connectivity index (χ0v) is 13.2. The van der Waals surface area contributed by atoms with Crippen molar-refractivity contribution in [3.8, 4) is 5.75 Å². The van der Waals surface area contributed by atoms with E-state index in [1.807, 2.05) is 25.1 Å². The number of carboxylic acid groups (broad SMARTS) is 1. The number of carbonyl (C=O) groups is 1. The molecule has 0 aliphatic heterocycles. The van der Waals surface area contributed by atoms with E-state index < -0.39 is 5.97 Å². The monoisotopic (exact) mass is 322 g/mol. The maximum Gasteiger partial charge on any atom is 0.328 e. The largest absolute Gasteiger partial charge is 0.496 e. The lowest BCUT2D eigenvalue weighted by atomic mass is 10.1. The van der Waals surface area contributed by atoms with Crippen LogP contribution in [0.3, 0.4) is 0 Å². The molecule has 110 valence electrons. The van der Waals surface area contributed by atoms with Crippen molar-refractivity contribution in [2.75, 3.05) is 7.11 Å². The topological polar surface area (TPSA) is 72.3 Å². The number of hydrogen-bond donors (Lipinski definition) is 1. The van der Waals surface area contributed by atoms with Crippen molar-refractivity contribution in [1.29, 1.82) is 0 Å². The highest BCUT2D eigenvalue weighted by molar-refractivity contribution is 8.00. The van der Waals surface area contributed by atoms with Gasteiger partial charge in [0.2, 0.25) is 0 Å². The molecule has 0 saturated carbocycles. The number of nitrogens with zero attached hydrogens (tertiary/aromatic N) is 2. The summed E-state index contributed by atoms with van der Waals surface area (Å²) >= 11 is 3.13. The van der Waals surface area contributed by atoms with Gasteiger partial charge in [-0.3, -0.25) is 0 Å². The van der Waals surface area contributed by atoms with Gasteiger partial charge in [0.15, 0.2) is 4.34 Å². The first kappa shape index (κ1) is 15.5. The van der Waals surface area contributed by atoms with Crippen LogP contribution in [0.1, 0.15) is 16.1 Å². The fraction of sp³-hybridized carbons (Fsp3) is 0.214. The molecule has 0 fully saturated rings. The minimum atomic E-state index is -0.967. The predicted molar refractivity (Wildman–Crippen MR) is 83.9 cm³/mol. The molecule has 7 heteroatoms. The van der Waals surface area contributed by atoms with E-state index in [4.69, 9.17) is 9.84 Å². The molecule has 1 aromatic carbocycles. The molecule has 0 radical (unpaired) electrons. The molecular weight excluding hydrogens is 308 g/mol. The van der Waals surface area contributed by atoms with Crippen LogP contribution in [0.15, 0.2) is 28.6 Å². The first-order valence-electron chi connectivity index (χ1n) is 6.09. The van der Waals surface area contributed by atoms with Crippen molar-refractivity contribution >= 4 is 35.1 Å². The van der Waals surface area contributed by atoms with Crippen LogP contribution in [-0.4, -0.2) is 28.4 Å². The molecule has 1 N–H and O–H groups in total. The van der Waals surface area contributed by atoms with Gasteiger partial charge in [0, 0.05) is 17.4 Å². The van der Waals surface area contributed by atoms with Crippen molar-refractivity contribution in [2.45, 2.75) is 17.0 Å². The predicted octanol–water partition coefficient (Wildman–Crippen LogP) is 3.25. The van der Waals surface area contributed by atoms with Crippen LogP contribution in [0.25, 0.3) is 6.08 Å².